The Hall–Kier alpha value is -1.11. The highest BCUT2D eigenvalue weighted by atomic mass is 35.5. The van der Waals surface area contributed by atoms with Gasteiger partial charge in [0.25, 0.3) is 0 Å². The largest absolute Gasteiger partial charge is 0.480 e. The van der Waals surface area contributed by atoms with E-state index in [9.17, 15) is 13.2 Å². The van der Waals surface area contributed by atoms with Crippen LogP contribution < -0.4 is 4.72 Å². The number of hydrogen-bond donors (Lipinski definition) is 2. The number of aliphatic carboxylic acids is 1. The second kappa shape index (κ2) is 6.36. The highest BCUT2D eigenvalue weighted by Gasteiger charge is 2.25. The van der Waals surface area contributed by atoms with Crippen LogP contribution in [-0.4, -0.2) is 25.5 Å². The molecule has 0 aliphatic rings. The zero-order valence-electron chi connectivity index (χ0n) is 10.7. The number of rotatable bonds is 6. The standard InChI is InChI=1S/C12H16ClNO4S/c1-3-4-10(12(15)16)14-19(17,18)11-6-5-9(13)7-8(11)2/h5-7,10,14H,3-4H2,1-2H3,(H,15,16)/t10-/m1/s1. The molecule has 0 spiro atoms. The lowest BCUT2D eigenvalue weighted by Gasteiger charge is -2.15. The molecular weight excluding hydrogens is 290 g/mol. The number of carboxylic acid groups (broad SMARTS) is 1. The van der Waals surface area contributed by atoms with E-state index in [2.05, 4.69) is 4.72 Å². The average Bonchev–Trinajstić information content (AvgIpc) is 2.27. The van der Waals surface area contributed by atoms with Gasteiger partial charge in [-0.3, -0.25) is 4.79 Å². The van der Waals surface area contributed by atoms with Crippen LogP contribution in [0.15, 0.2) is 23.1 Å². The van der Waals surface area contributed by atoms with Gasteiger partial charge in [-0.25, -0.2) is 8.42 Å². The summed E-state index contributed by atoms with van der Waals surface area (Å²) in [7, 11) is -3.86. The topological polar surface area (TPSA) is 83.5 Å². The Bertz CT molecular complexity index is 571. The molecule has 0 fully saturated rings. The van der Waals surface area contributed by atoms with Gasteiger partial charge < -0.3 is 5.11 Å². The predicted molar refractivity (Wildman–Crippen MR) is 72.8 cm³/mol. The maximum Gasteiger partial charge on any atom is 0.321 e. The smallest absolute Gasteiger partial charge is 0.321 e. The third-order valence-electron chi connectivity index (χ3n) is 2.60. The van der Waals surface area contributed by atoms with Crippen LogP contribution in [0.4, 0.5) is 0 Å². The van der Waals surface area contributed by atoms with Crippen molar-refractivity contribution in [2.24, 2.45) is 0 Å². The summed E-state index contributed by atoms with van der Waals surface area (Å²) in [6.45, 7) is 3.40. The van der Waals surface area contributed by atoms with Crippen LogP contribution in [0, 0.1) is 6.92 Å². The van der Waals surface area contributed by atoms with Crippen LogP contribution in [0.2, 0.25) is 5.02 Å². The van der Waals surface area contributed by atoms with E-state index in [4.69, 9.17) is 16.7 Å². The van der Waals surface area contributed by atoms with E-state index in [1.165, 1.54) is 18.2 Å². The number of aryl methyl sites for hydroxylation is 1. The van der Waals surface area contributed by atoms with Gasteiger partial charge >= 0.3 is 5.97 Å². The maximum atomic E-state index is 12.1. The minimum atomic E-state index is -3.86. The summed E-state index contributed by atoms with van der Waals surface area (Å²) in [6.07, 6.45) is 0.806. The molecule has 1 rings (SSSR count). The van der Waals surface area contributed by atoms with Crippen LogP contribution in [0.3, 0.4) is 0 Å². The van der Waals surface area contributed by atoms with Crippen molar-refractivity contribution in [2.75, 3.05) is 0 Å². The molecule has 1 aromatic rings. The summed E-state index contributed by atoms with van der Waals surface area (Å²) in [5.41, 5.74) is 0.473. The fourth-order valence-corrected chi connectivity index (χ4v) is 3.36. The molecule has 1 atom stereocenters. The zero-order valence-corrected chi connectivity index (χ0v) is 12.3. The molecule has 0 aromatic heterocycles. The van der Waals surface area contributed by atoms with Crippen LogP contribution in [0.5, 0.6) is 0 Å². The van der Waals surface area contributed by atoms with Gasteiger partial charge in [-0.05, 0) is 37.1 Å². The van der Waals surface area contributed by atoms with Crippen molar-refractivity contribution in [3.63, 3.8) is 0 Å². The normalized spacial score (nSPS) is 13.2. The van der Waals surface area contributed by atoms with E-state index in [1.54, 1.807) is 13.8 Å². The first-order valence-corrected chi connectivity index (χ1v) is 7.65. The van der Waals surface area contributed by atoms with Gasteiger partial charge in [-0.1, -0.05) is 24.9 Å². The molecule has 0 unspecified atom stereocenters. The van der Waals surface area contributed by atoms with Gasteiger partial charge in [0, 0.05) is 5.02 Å². The van der Waals surface area contributed by atoms with Crippen molar-refractivity contribution in [1.29, 1.82) is 0 Å². The lowest BCUT2D eigenvalue weighted by atomic mass is 10.2. The SMILES string of the molecule is CCC[C@@H](NS(=O)(=O)c1ccc(Cl)cc1C)C(=O)O. The minimum absolute atomic E-state index is 0.0410. The first-order valence-electron chi connectivity index (χ1n) is 5.79. The predicted octanol–water partition coefficient (Wildman–Crippen LogP) is 2.18. The third kappa shape index (κ3) is 4.19. The molecule has 19 heavy (non-hydrogen) atoms. The fourth-order valence-electron chi connectivity index (χ4n) is 1.69. The Morgan fingerprint density at radius 2 is 2.11 bits per heavy atom. The minimum Gasteiger partial charge on any atom is -0.480 e. The first kappa shape index (κ1) is 15.9. The summed E-state index contributed by atoms with van der Waals surface area (Å²) in [5, 5.41) is 9.41. The van der Waals surface area contributed by atoms with E-state index in [1.807, 2.05) is 0 Å². The molecule has 106 valence electrons. The number of carboxylic acids is 1. The van der Waals surface area contributed by atoms with Gasteiger partial charge in [0.2, 0.25) is 10.0 Å². The fraction of sp³-hybridized carbons (Fsp3) is 0.417. The molecule has 0 saturated heterocycles. The highest BCUT2D eigenvalue weighted by Crippen LogP contribution is 2.20. The Morgan fingerprint density at radius 1 is 1.47 bits per heavy atom. The van der Waals surface area contributed by atoms with E-state index in [0.29, 0.717) is 17.0 Å². The second-order valence-corrected chi connectivity index (χ2v) is 6.33. The zero-order chi connectivity index (χ0) is 14.6. The van der Waals surface area contributed by atoms with E-state index in [-0.39, 0.29) is 11.3 Å². The lowest BCUT2D eigenvalue weighted by molar-refractivity contribution is -0.139. The molecule has 0 saturated carbocycles. The summed E-state index contributed by atoms with van der Waals surface area (Å²) >= 11 is 5.76. The molecule has 0 radical (unpaired) electrons. The summed E-state index contributed by atoms with van der Waals surface area (Å²) < 4.78 is 26.5. The third-order valence-corrected chi connectivity index (χ3v) is 4.47. The van der Waals surface area contributed by atoms with Crippen LogP contribution in [0.1, 0.15) is 25.3 Å². The van der Waals surface area contributed by atoms with Crippen molar-refractivity contribution < 1.29 is 18.3 Å². The number of sulfonamides is 1. The Morgan fingerprint density at radius 3 is 2.58 bits per heavy atom. The molecule has 1 aromatic carbocycles. The van der Waals surface area contributed by atoms with Crippen LogP contribution >= 0.6 is 11.6 Å². The lowest BCUT2D eigenvalue weighted by Crippen LogP contribution is -2.40. The van der Waals surface area contributed by atoms with Crippen molar-refractivity contribution >= 4 is 27.6 Å². The van der Waals surface area contributed by atoms with Gasteiger partial charge in [0.15, 0.2) is 0 Å². The van der Waals surface area contributed by atoms with E-state index in [0.717, 1.165) is 0 Å². The van der Waals surface area contributed by atoms with Gasteiger partial charge in [-0.2, -0.15) is 4.72 Å². The second-order valence-electron chi connectivity index (χ2n) is 4.21. The van der Waals surface area contributed by atoms with Gasteiger partial charge in [0.05, 0.1) is 4.90 Å². The number of nitrogens with one attached hydrogen (secondary N) is 1. The Balaban J connectivity index is 3.06. The van der Waals surface area contributed by atoms with Crippen LogP contribution in [-0.2, 0) is 14.8 Å². The summed E-state index contributed by atoms with van der Waals surface area (Å²) in [4.78, 5) is 11.0. The quantitative estimate of drug-likeness (QED) is 0.844. The van der Waals surface area contributed by atoms with Crippen molar-refractivity contribution in [3.8, 4) is 0 Å². The molecule has 0 aliphatic carbocycles. The molecule has 0 aliphatic heterocycles. The molecular formula is C12H16ClNO4S. The summed E-state index contributed by atoms with van der Waals surface area (Å²) in [6, 6.07) is 3.22. The molecule has 5 nitrogen and oxygen atoms in total. The Kier molecular flexibility index (Phi) is 5.34. The van der Waals surface area contributed by atoms with E-state index < -0.39 is 22.0 Å². The van der Waals surface area contributed by atoms with Crippen molar-refractivity contribution in [1.82, 2.24) is 4.72 Å². The number of benzene rings is 1. The first-order chi connectivity index (χ1) is 8.77. The highest BCUT2D eigenvalue weighted by molar-refractivity contribution is 7.89. The number of carbonyl (C=O) groups is 1. The van der Waals surface area contributed by atoms with E-state index >= 15 is 0 Å². The van der Waals surface area contributed by atoms with Crippen molar-refractivity contribution in [2.45, 2.75) is 37.6 Å². The molecule has 0 amide bonds. The Labute approximate surface area is 117 Å². The summed E-state index contributed by atoms with van der Waals surface area (Å²) in [5.74, 6) is -1.18. The maximum absolute atomic E-state index is 12.1. The molecule has 7 heteroatoms. The number of hydrogen-bond acceptors (Lipinski definition) is 3. The molecule has 0 heterocycles. The number of halogens is 1. The molecule has 0 bridgehead atoms. The monoisotopic (exact) mass is 305 g/mol. The average molecular weight is 306 g/mol. The van der Waals surface area contributed by atoms with Gasteiger partial charge in [-0.15, -0.1) is 0 Å². The molecule has 2 N–H and O–H groups in total. The van der Waals surface area contributed by atoms with Crippen molar-refractivity contribution in [3.05, 3.63) is 28.8 Å². The van der Waals surface area contributed by atoms with Gasteiger partial charge in [0.1, 0.15) is 6.04 Å². The van der Waals surface area contributed by atoms with Crippen LogP contribution in [0.25, 0.3) is 0 Å².